The predicted octanol–water partition coefficient (Wildman–Crippen LogP) is 3.74. The maximum absolute atomic E-state index is 12.4. The van der Waals surface area contributed by atoms with Crippen LogP contribution >= 0.6 is 15.9 Å². The molecule has 0 atom stereocenters. The van der Waals surface area contributed by atoms with E-state index >= 15 is 0 Å². The molecule has 0 saturated carbocycles. The summed E-state index contributed by atoms with van der Waals surface area (Å²) >= 11 is 3.36. The molecule has 2 rings (SSSR count). The molecule has 1 amide bonds. The van der Waals surface area contributed by atoms with Gasteiger partial charge in [0.2, 0.25) is 0 Å². The molecule has 4 heteroatoms. The van der Waals surface area contributed by atoms with Crippen LogP contribution in [0.5, 0.6) is 0 Å². The average Bonchev–Trinajstić information content (AvgIpc) is 2.36. The normalized spacial score (nSPS) is 10.3. The van der Waals surface area contributed by atoms with Gasteiger partial charge in [-0.15, -0.1) is 0 Å². The largest absolute Gasteiger partial charge is 0.310 e. The maximum Gasteiger partial charge on any atom is 0.277 e. The zero-order valence-electron chi connectivity index (χ0n) is 11.1. The third kappa shape index (κ3) is 3.01. The number of carbonyl (C=O) groups is 1. The lowest BCUT2D eigenvalue weighted by Crippen LogP contribution is -2.27. The molecule has 0 radical (unpaired) electrons. The fraction of sp³-hybridized carbons (Fsp3) is 0.200. The van der Waals surface area contributed by atoms with Crippen molar-refractivity contribution in [3.8, 4) is 0 Å². The molecule has 2 aromatic rings. The zero-order chi connectivity index (χ0) is 14.0. The van der Waals surface area contributed by atoms with Crippen molar-refractivity contribution >= 4 is 27.5 Å². The molecule has 98 valence electrons. The van der Waals surface area contributed by atoms with Crippen LogP contribution in [0.15, 0.2) is 41.0 Å². The number of halogens is 1. The molecular formula is C15H15BrN2O. The van der Waals surface area contributed by atoms with Gasteiger partial charge < -0.3 is 4.90 Å². The molecule has 19 heavy (non-hydrogen) atoms. The summed E-state index contributed by atoms with van der Waals surface area (Å²) in [6, 6.07) is 9.66. The van der Waals surface area contributed by atoms with Gasteiger partial charge in [0.25, 0.3) is 5.91 Å². The fourth-order valence-electron chi connectivity index (χ4n) is 1.96. The predicted molar refractivity (Wildman–Crippen MR) is 80.6 cm³/mol. The van der Waals surface area contributed by atoms with Crippen molar-refractivity contribution in [3.05, 3.63) is 57.8 Å². The number of anilines is 1. The van der Waals surface area contributed by atoms with Crippen LogP contribution in [-0.4, -0.2) is 17.9 Å². The van der Waals surface area contributed by atoms with Crippen molar-refractivity contribution in [2.45, 2.75) is 13.8 Å². The molecule has 1 aromatic heterocycles. The van der Waals surface area contributed by atoms with Crippen LogP contribution in [-0.2, 0) is 0 Å². The summed E-state index contributed by atoms with van der Waals surface area (Å²) in [7, 11) is 1.76. The molecular weight excluding hydrogens is 304 g/mol. The number of hydrogen-bond donors (Lipinski definition) is 0. The highest BCUT2D eigenvalue weighted by molar-refractivity contribution is 9.10. The minimum absolute atomic E-state index is 0.127. The second kappa shape index (κ2) is 5.53. The van der Waals surface area contributed by atoms with Gasteiger partial charge in [0.15, 0.2) is 0 Å². The van der Waals surface area contributed by atoms with E-state index in [-0.39, 0.29) is 5.91 Å². The number of carbonyl (C=O) groups excluding carboxylic acids is 1. The van der Waals surface area contributed by atoms with Crippen LogP contribution in [0.25, 0.3) is 0 Å². The van der Waals surface area contributed by atoms with Crippen LogP contribution in [0.3, 0.4) is 0 Å². The molecule has 0 fully saturated rings. The molecule has 1 heterocycles. The van der Waals surface area contributed by atoms with E-state index in [2.05, 4.69) is 27.0 Å². The lowest BCUT2D eigenvalue weighted by Gasteiger charge is -2.18. The van der Waals surface area contributed by atoms with Gasteiger partial charge in [-0.1, -0.05) is 6.07 Å². The number of aryl methyl sites for hydroxylation is 2. The molecule has 0 bridgehead atoms. The summed E-state index contributed by atoms with van der Waals surface area (Å²) in [6.07, 6.45) is 1.62. The van der Waals surface area contributed by atoms with Crippen LogP contribution in [0.2, 0.25) is 0 Å². The van der Waals surface area contributed by atoms with Gasteiger partial charge in [-0.05, 0) is 65.2 Å². The minimum Gasteiger partial charge on any atom is -0.310 e. The first-order chi connectivity index (χ1) is 8.99. The second-order valence-corrected chi connectivity index (χ2v) is 5.40. The zero-order valence-corrected chi connectivity index (χ0v) is 12.7. The third-order valence-corrected chi connectivity index (χ3v) is 3.50. The number of nitrogens with zero attached hydrogens (tertiary/aromatic N) is 2. The van der Waals surface area contributed by atoms with E-state index in [1.54, 1.807) is 24.2 Å². The first kappa shape index (κ1) is 13.7. The summed E-state index contributed by atoms with van der Waals surface area (Å²) in [5.41, 5.74) is 3.56. The smallest absolute Gasteiger partial charge is 0.277 e. The third-order valence-electron chi connectivity index (χ3n) is 2.86. The molecule has 0 spiro atoms. The van der Waals surface area contributed by atoms with Crippen molar-refractivity contribution in [2.24, 2.45) is 0 Å². The van der Waals surface area contributed by atoms with Gasteiger partial charge in [0, 0.05) is 23.4 Å². The van der Waals surface area contributed by atoms with E-state index in [0.717, 1.165) is 16.8 Å². The number of benzene rings is 1. The average molecular weight is 319 g/mol. The van der Waals surface area contributed by atoms with Crippen molar-refractivity contribution < 1.29 is 4.79 Å². The molecule has 3 nitrogen and oxygen atoms in total. The number of pyridine rings is 1. The Labute approximate surface area is 121 Å². The first-order valence-electron chi connectivity index (χ1n) is 5.96. The summed E-state index contributed by atoms with van der Waals surface area (Å²) in [6.45, 7) is 4.04. The Morgan fingerprint density at radius 1 is 1.21 bits per heavy atom. The second-order valence-electron chi connectivity index (χ2n) is 4.54. The van der Waals surface area contributed by atoms with E-state index in [4.69, 9.17) is 0 Å². The summed E-state index contributed by atoms with van der Waals surface area (Å²) < 4.78 is 0.705. The van der Waals surface area contributed by atoms with Crippen LogP contribution in [0, 0.1) is 13.8 Å². The molecule has 0 aliphatic carbocycles. The minimum atomic E-state index is -0.127. The molecule has 1 aromatic carbocycles. The van der Waals surface area contributed by atoms with Crippen molar-refractivity contribution in [1.29, 1.82) is 0 Å². The Morgan fingerprint density at radius 3 is 2.42 bits per heavy atom. The molecule has 0 aliphatic heterocycles. The molecule has 0 saturated heterocycles. The van der Waals surface area contributed by atoms with E-state index in [1.807, 2.05) is 32.0 Å². The van der Waals surface area contributed by atoms with Crippen molar-refractivity contribution in [3.63, 3.8) is 0 Å². The van der Waals surface area contributed by atoms with E-state index < -0.39 is 0 Å². The van der Waals surface area contributed by atoms with Gasteiger partial charge in [-0.25, -0.2) is 4.98 Å². The van der Waals surface area contributed by atoms with E-state index in [1.165, 1.54) is 0 Å². The van der Waals surface area contributed by atoms with Crippen LogP contribution in [0.4, 0.5) is 5.69 Å². The fourth-order valence-corrected chi connectivity index (χ4v) is 2.39. The number of amides is 1. The Morgan fingerprint density at radius 2 is 1.84 bits per heavy atom. The summed E-state index contributed by atoms with van der Waals surface area (Å²) in [4.78, 5) is 18.2. The van der Waals surface area contributed by atoms with Crippen molar-refractivity contribution in [2.75, 3.05) is 11.9 Å². The number of aromatic nitrogens is 1. The standard InChI is InChI=1S/C15H15BrN2O/c1-10-7-11(2)9-12(8-10)18(3)15(19)14-13(16)5-4-6-17-14/h4-9H,1-3H3. The lowest BCUT2D eigenvalue weighted by molar-refractivity contribution is 0.0987. The van der Waals surface area contributed by atoms with Gasteiger partial charge in [-0.3, -0.25) is 4.79 Å². The maximum atomic E-state index is 12.4. The Bertz CT molecular complexity index is 605. The number of rotatable bonds is 2. The van der Waals surface area contributed by atoms with Gasteiger partial charge >= 0.3 is 0 Å². The molecule has 0 N–H and O–H groups in total. The van der Waals surface area contributed by atoms with Gasteiger partial charge in [0.1, 0.15) is 5.69 Å². The van der Waals surface area contributed by atoms with Crippen LogP contribution in [0.1, 0.15) is 21.6 Å². The highest BCUT2D eigenvalue weighted by atomic mass is 79.9. The van der Waals surface area contributed by atoms with E-state index in [0.29, 0.717) is 10.2 Å². The molecule has 0 aliphatic rings. The SMILES string of the molecule is Cc1cc(C)cc(N(C)C(=O)c2ncccc2Br)c1. The van der Waals surface area contributed by atoms with Gasteiger partial charge in [0.05, 0.1) is 0 Å². The van der Waals surface area contributed by atoms with E-state index in [9.17, 15) is 4.79 Å². The van der Waals surface area contributed by atoms with Crippen LogP contribution < -0.4 is 4.90 Å². The monoisotopic (exact) mass is 318 g/mol. The first-order valence-corrected chi connectivity index (χ1v) is 6.75. The number of hydrogen-bond acceptors (Lipinski definition) is 2. The Balaban J connectivity index is 2.36. The van der Waals surface area contributed by atoms with Gasteiger partial charge in [-0.2, -0.15) is 0 Å². The quantitative estimate of drug-likeness (QED) is 0.845. The highest BCUT2D eigenvalue weighted by Gasteiger charge is 2.17. The summed E-state index contributed by atoms with van der Waals surface area (Å²) in [5, 5.41) is 0. The van der Waals surface area contributed by atoms with Crippen molar-refractivity contribution in [1.82, 2.24) is 4.98 Å². The molecule has 0 unspecified atom stereocenters. The topological polar surface area (TPSA) is 33.2 Å². The Hall–Kier alpha value is -1.68. The lowest BCUT2D eigenvalue weighted by atomic mass is 10.1. The highest BCUT2D eigenvalue weighted by Crippen LogP contribution is 2.21. The summed E-state index contributed by atoms with van der Waals surface area (Å²) in [5.74, 6) is -0.127. The Kier molecular flexibility index (Phi) is 4.00.